The molecular weight excluding hydrogens is 358 g/mol. The zero-order valence-corrected chi connectivity index (χ0v) is 14.4. The van der Waals surface area contributed by atoms with Gasteiger partial charge in [0.2, 0.25) is 6.79 Å². The third-order valence-corrected chi connectivity index (χ3v) is 3.78. The molecule has 0 fully saturated rings. The van der Waals surface area contributed by atoms with E-state index in [9.17, 15) is 9.59 Å². The summed E-state index contributed by atoms with van der Waals surface area (Å²) in [5.41, 5.74) is 1.52. The molecule has 26 heavy (non-hydrogen) atoms. The highest BCUT2D eigenvalue weighted by atomic mass is 35.5. The maximum atomic E-state index is 12.4. The number of anilines is 2. The van der Waals surface area contributed by atoms with E-state index in [1.807, 2.05) is 0 Å². The molecule has 8 heteroatoms. The van der Waals surface area contributed by atoms with E-state index in [2.05, 4.69) is 22.5 Å². The standard InChI is InChI=1S/C18H16ClN3O4/c1-2-7-20-18(24)22-13-5-3-12(4-6-13)21-17(23)11-8-14(19)16-15(9-11)25-10-26-16/h2-6,8-9H,1,7,10H2,(H,21,23)(H2,20,22,24). The molecule has 0 aromatic heterocycles. The van der Waals surface area contributed by atoms with Gasteiger partial charge in [0.25, 0.3) is 5.91 Å². The summed E-state index contributed by atoms with van der Waals surface area (Å²) in [7, 11) is 0. The molecule has 7 nitrogen and oxygen atoms in total. The van der Waals surface area contributed by atoms with Gasteiger partial charge in [-0.2, -0.15) is 0 Å². The molecule has 2 aromatic carbocycles. The maximum Gasteiger partial charge on any atom is 0.319 e. The molecule has 0 saturated carbocycles. The average molecular weight is 374 g/mol. The SMILES string of the molecule is C=CCNC(=O)Nc1ccc(NC(=O)c2cc(Cl)c3c(c2)OCO3)cc1. The van der Waals surface area contributed by atoms with Crippen LogP contribution in [-0.2, 0) is 0 Å². The molecule has 3 N–H and O–H groups in total. The van der Waals surface area contributed by atoms with Crippen LogP contribution in [0.1, 0.15) is 10.4 Å². The lowest BCUT2D eigenvalue weighted by atomic mass is 10.1. The van der Waals surface area contributed by atoms with Gasteiger partial charge in [-0.25, -0.2) is 4.79 Å². The van der Waals surface area contributed by atoms with E-state index in [1.54, 1.807) is 36.4 Å². The third-order valence-electron chi connectivity index (χ3n) is 3.50. The van der Waals surface area contributed by atoms with Crippen molar-refractivity contribution in [3.8, 4) is 11.5 Å². The summed E-state index contributed by atoms with van der Waals surface area (Å²) in [6, 6.07) is 9.46. The second-order valence-corrected chi connectivity index (χ2v) is 5.75. The fraction of sp³-hybridized carbons (Fsp3) is 0.111. The van der Waals surface area contributed by atoms with Crippen LogP contribution in [0, 0.1) is 0 Å². The van der Waals surface area contributed by atoms with Gasteiger partial charge in [0, 0.05) is 23.5 Å². The minimum absolute atomic E-state index is 0.0783. The molecule has 134 valence electrons. The van der Waals surface area contributed by atoms with E-state index in [4.69, 9.17) is 21.1 Å². The second kappa shape index (κ2) is 7.79. The van der Waals surface area contributed by atoms with Crippen LogP contribution in [-0.4, -0.2) is 25.3 Å². The number of carbonyl (C=O) groups is 2. The zero-order chi connectivity index (χ0) is 18.5. The van der Waals surface area contributed by atoms with Gasteiger partial charge in [0.15, 0.2) is 11.5 Å². The number of amides is 3. The van der Waals surface area contributed by atoms with Crippen LogP contribution in [0.5, 0.6) is 11.5 Å². The van der Waals surface area contributed by atoms with Gasteiger partial charge in [0.1, 0.15) is 0 Å². The van der Waals surface area contributed by atoms with Crippen molar-refractivity contribution in [2.75, 3.05) is 24.0 Å². The Hall–Kier alpha value is -3.19. The number of rotatable bonds is 5. The summed E-state index contributed by atoms with van der Waals surface area (Å²) < 4.78 is 10.5. The number of nitrogens with one attached hydrogen (secondary N) is 3. The molecule has 1 heterocycles. The summed E-state index contributed by atoms with van der Waals surface area (Å²) in [5, 5.41) is 8.34. The number of fused-ring (bicyclic) bond motifs is 1. The van der Waals surface area contributed by atoms with Gasteiger partial charge in [-0.15, -0.1) is 6.58 Å². The molecule has 3 rings (SSSR count). The van der Waals surface area contributed by atoms with E-state index in [1.165, 1.54) is 6.07 Å². The fourth-order valence-electron chi connectivity index (χ4n) is 2.28. The van der Waals surface area contributed by atoms with Gasteiger partial charge < -0.3 is 25.4 Å². The van der Waals surface area contributed by atoms with E-state index in [0.717, 1.165) is 0 Å². The Kier molecular flexibility index (Phi) is 5.28. The summed E-state index contributed by atoms with van der Waals surface area (Å²) >= 11 is 6.09. The molecule has 0 spiro atoms. The molecule has 0 unspecified atom stereocenters. The Bertz CT molecular complexity index is 852. The Balaban J connectivity index is 1.64. The normalized spacial score (nSPS) is 11.6. The Morgan fingerprint density at radius 3 is 2.50 bits per heavy atom. The first kappa shape index (κ1) is 17.6. The minimum Gasteiger partial charge on any atom is -0.454 e. The van der Waals surface area contributed by atoms with Crippen molar-refractivity contribution in [2.45, 2.75) is 0 Å². The van der Waals surface area contributed by atoms with Crippen LogP contribution in [0.3, 0.4) is 0 Å². The van der Waals surface area contributed by atoms with Crippen LogP contribution < -0.4 is 25.4 Å². The monoisotopic (exact) mass is 373 g/mol. The fourth-order valence-corrected chi connectivity index (χ4v) is 2.54. The van der Waals surface area contributed by atoms with Crippen LogP contribution in [0.2, 0.25) is 5.02 Å². The first-order chi connectivity index (χ1) is 12.6. The summed E-state index contributed by atoms with van der Waals surface area (Å²) in [6.07, 6.45) is 1.58. The number of hydrogen-bond donors (Lipinski definition) is 3. The number of halogens is 1. The molecule has 1 aliphatic rings. The molecule has 0 radical (unpaired) electrons. The van der Waals surface area contributed by atoms with Crippen LogP contribution in [0.15, 0.2) is 49.1 Å². The van der Waals surface area contributed by atoms with Gasteiger partial charge in [0.05, 0.1) is 5.02 Å². The van der Waals surface area contributed by atoms with Crippen molar-refractivity contribution in [3.63, 3.8) is 0 Å². The van der Waals surface area contributed by atoms with E-state index < -0.39 is 0 Å². The topological polar surface area (TPSA) is 88.7 Å². The molecule has 2 aromatic rings. The molecule has 0 atom stereocenters. The van der Waals surface area contributed by atoms with Crippen LogP contribution in [0.25, 0.3) is 0 Å². The lowest BCUT2D eigenvalue weighted by Crippen LogP contribution is -2.28. The number of carbonyl (C=O) groups excluding carboxylic acids is 2. The maximum absolute atomic E-state index is 12.4. The van der Waals surface area contributed by atoms with Crippen molar-refractivity contribution >= 4 is 34.9 Å². The van der Waals surface area contributed by atoms with E-state index >= 15 is 0 Å². The summed E-state index contributed by atoms with van der Waals surface area (Å²) in [5.74, 6) is 0.538. The van der Waals surface area contributed by atoms with Gasteiger partial charge >= 0.3 is 6.03 Å². The first-order valence-corrected chi connectivity index (χ1v) is 8.11. The van der Waals surface area contributed by atoms with E-state index in [0.29, 0.717) is 40.0 Å². The van der Waals surface area contributed by atoms with Crippen molar-refractivity contribution in [1.82, 2.24) is 5.32 Å². The third kappa shape index (κ3) is 4.07. The summed E-state index contributed by atoms with van der Waals surface area (Å²) in [4.78, 5) is 24.0. The largest absolute Gasteiger partial charge is 0.454 e. The van der Waals surface area contributed by atoms with Crippen LogP contribution >= 0.6 is 11.6 Å². The Morgan fingerprint density at radius 2 is 1.81 bits per heavy atom. The highest BCUT2D eigenvalue weighted by molar-refractivity contribution is 6.32. The Morgan fingerprint density at radius 1 is 1.12 bits per heavy atom. The predicted molar refractivity (Wildman–Crippen MR) is 99.2 cm³/mol. The highest BCUT2D eigenvalue weighted by Crippen LogP contribution is 2.39. The number of benzene rings is 2. The number of hydrogen-bond acceptors (Lipinski definition) is 4. The van der Waals surface area contributed by atoms with Crippen molar-refractivity contribution in [1.29, 1.82) is 0 Å². The van der Waals surface area contributed by atoms with E-state index in [-0.39, 0.29) is 18.7 Å². The van der Waals surface area contributed by atoms with Crippen molar-refractivity contribution in [3.05, 3.63) is 59.6 Å². The minimum atomic E-state index is -0.338. The molecule has 0 saturated heterocycles. The van der Waals surface area contributed by atoms with Crippen molar-refractivity contribution < 1.29 is 19.1 Å². The molecule has 0 aliphatic carbocycles. The van der Waals surface area contributed by atoms with Gasteiger partial charge in [-0.3, -0.25) is 4.79 Å². The first-order valence-electron chi connectivity index (χ1n) is 7.73. The Labute approximate surface area is 154 Å². The summed E-state index contributed by atoms with van der Waals surface area (Å²) in [6.45, 7) is 3.97. The average Bonchev–Trinajstić information content (AvgIpc) is 3.11. The predicted octanol–water partition coefficient (Wildman–Crippen LogP) is 3.63. The molecule has 1 aliphatic heterocycles. The van der Waals surface area contributed by atoms with Crippen LogP contribution in [0.4, 0.5) is 16.2 Å². The smallest absolute Gasteiger partial charge is 0.319 e. The molecular formula is C18H16ClN3O4. The second-order valence-electron chi connectivity index (χ2n) is 5.35. The lowest BCUT2D eigenvalue weighted by molar-refractivity contribution is 0.102. The molecule has 3 amide bonds. The van der Waals surface area contributed by atoms with Gasteiger partial charge in [-0.05, 0) is 36.4 Å². The van der Waals surface area contributed by atoms with Crippen molar-refractivity contribution in [2.24, 2.45) is 0 Å². The molecule has 0 bridgehead atoms. The number of ether oxygens (including phenoxy) is 2. The highest BCUT2D eigenvalue weighted by Gasteiger charge is 2.20. The van der Waals surface area contributed by atoms with Gasteiger partial charge in [-0.1, -0.05) is 17.7 Å². The lowest BCUT2D eigenvalue weighted by Gasteiger charge is -2.09. The number of urea groups is 1. The quantitative estimate of drug-likeness (QED) is 0.698. The zero-order valence-electron chi connectivity index (χ0n) is 13.7.